The van der Waals surface area contributed by atoms with Crippen molar-refractivity contribution in [2.45, 2.75) is 44.6 Å². The van der Waals surface area contributed by atoms with Gasteiger partial charge in [-0.25, -0.2) is 4.79 Å². The molecule has 1 unspecified atom stereocenters. The lowest BCUT2D eigenvalue weighted by Gasteiger charge is -2.12. The van der Waals surface area contributed by atoms with E-state index in [1.807, 2.05) is 5.38 Å². The number of hydrogen-bond acceptors (Lipinski definition) is 6. The highest BCUT2D eigenvalue weighted by atomic mass is 32.1. The average molecular weight is 429 g/mol. The Bertz CT molecular complexity index is 960. The Morgan fingerprint density at radius 1 is 1.20 bits per heavy atom. The van der Waals surface area contributed by atoms with E-state index >= 15 is 0 Å². The minimum atomic E-state index is -0.443. The Hall–Kier alpha value is -2.71. The van der Waals surface area contributed by atoms with Crippen LogP contribution in [0.2, 0.25) is 0 Å². The first-order valence-electron chi connectivity index (χ1n) is 10.2. The van der Waals surface area contributed by atoms with Crippen molar-refractivity contribution in [3.63, 3.8) is 0 Å². The zero-order valence-electron chi connectivity index (χ0n) is 16.7. The number of rotatable bonds is 7. The molecular weight excluding hydrogens is 404 g/mol. The van der Waals surface area contributed by atoms with Gasteiger partial charge in [0, 0.05) is 17.9 Å². The number of hydrogen-bond donors (Lipinski definition) is 2. The first kappa shape index (κ1) is 20.6. The molecule has 1 saturated heterocycles. The van der Waals surface area contributed by atoms with Gasteiger partial charge in [-0.1, -0.05) is 6.07 Å². The molecular formula is C22H24N2O5S. The molecule has 2 aliphatic rings. The van der Waals surface area contributed by atoms with Crippen LogP contribution in [0.1, 0.15) is 64.8 Å². The lowest BCUT2D eigenvalue weighted by atomic mass is 10.1. The predicted octanol–water partition coefficient (Wildman–Crippen LogP) is 4.17. The highest BCUT2D eigenvalue weighted by molar-refractivity contribution is 7.15. The van der Waals surface area contributed by atoms with Crippen molar-refractivity contribution in [1.29, 1.82) is 0 Å². The van der Waals surface area contributed by atoms with Crippen LogP contribution in [-0.2, 0) is 14.3 Å². The van der Waals surface area contributed by atoms with Gasteiger partial charge in [0.2, 0.25) is 0 Å². The average Bonchev–Trinajstić information content (AvgIpc) is 3.26. The summed E-state index contributed by atoms with van der Waals surface area (Å²) < 4.78 is 10.6. The van der Waals surface area contributed by atoms with Gasteiger partial charge in [0.1, 0.15) is 11.1 Å². The summed E-state index contributed by atoms with van der Waals surface area (Å²) in [5, 5.41) is 8.07. The van der Waals surface area contributed by atoms with E-state index in [0.717, 1.165) is 24.8 Å². The van der Waals surface area contributed by atoms with Gasteiger partial charge in [0.25, 0.3) is 11.8 Å². The van der Waals surface area contributed by atoms with Crippen molar-refractivity contribution in [2.24, 2.45) is 0 Å². The number of nitrogens with one attached hydrogen (secondary N) is 2. The zero-order valence-corrected chi connectivity index (χ0v) is 17.6. The number of carbonyl (C=O) groups is 3. The van der Waals surface area contributed by atoms with Gasteiger partial charge < -0.3 is 20.1 Å². The van der Waals surface area contributed by atoms with Gasteiger partial charge in [-0.3, -0.25) is 9.59 Å². The lowest BCUT2D eigenvalue weighted by Crippen LogP contribution is -2.27. The van der Waals surface area contributed by atoms with Gasteiger partial charge in [-0.05, 0) is 67.7 Å². The Labute approximate surface area is 178 Å². The smallest absolute Gasteiger partial charge is 0.341 e. The number of thiophene rings is 1. The molecule has 30 heavy (non-hydrogen) atoms. The molecule has 0 bridgehead atoms. The number of carbonyl (C=O) groups excluding carboxylic acids is 3. The van der Waals surface area contributed by atoms with Crippen molar-refractivity contribution < 1.29 is 23.9 Å². The normalized spacial score (nSPS) is 18.1. The minimum Gasteiger partial charge on any atom is -0.462 e. The molecule has 0 spiro atoms. The molecule has 2 fully saturated rings. The van der Waals surface area contributed by atoms with Crippen molar-refractivity contribution in [2.75, 3.05) is 23.8 Å². The fourth-order valence-corrected chi connectivity index (χ4v) is 4.52. The third kappa shape index (κ3) is 4.55. The molecule has 1 saturated carbocycles. The molecule has 4 rings (SSSR count). The first-order valence-corrected chi connectivity index (χ1v) is 11.1. The molecule has 1 aromatic heterocycles. The Morgan fingerprint density at radius 3 is 2.73 bits per heavy atom. The molecule has 2 aromatic rings. The maximum Gasteiger partial charge on any atom is 0.341 e. The van der Waals surface area contributed by atoms with Crippen LogP contribution in [0.4, 0.5) is 10.7 Å². The summed E-state index contributed by atoms with van der Waals surface area (Å²) in [5.74, 6) is -0.601. The summed E-state index contributed by atoms with van der Waals surface area (Å²) in [6, 6.07) is 6.71. The third-order valence-electron chi connectivity index (χ3n) is 5.16. The maximum atomic E-state index is 12.8. The summed E-state index contributed by atoms with van der Waals surface area (Å²) in [4.78, 5) is 37.6. The van der Waals surface area contributed by atoms with Crippen LogP contribution in [0.5, 0.6) is 0 Å². The second-order valence-electron chi connectivity index (χ2n) is 7.42. The van der Waals surface area contributed by atoms with Crippen LogP contribution in [0.15, 0.2) is 29.6 Å². The third-order valence-corrected chi connectivity index (χ3v) is 6.07. The quantitative estimate of drug-likeness (QED) is 0.646. The van der Waals surface area contributed by atoms with E-state index in [4.69, 9.17) is 9.47 Å². The van der Waals surface area contributed by atoms with Gasteiger partial charge in [0.15, 0.2) is 0 Å². The van der Waals surface area contributed by atoms with E-state index in [-0.39, 0.29) is 18.4 Å². The first-order chi connectivity index (χ1) is 14.6. The fraction of sp³-hybridized carbons (Fsp3) is 0.409. The van der Waals surface area contributed by atoms with Gasteiger partial charge in [0.05, 0.1) is 12.2 Å². The van der Waals surface area contributed by atoms with E-state index in [2.05, 4.69) is 10.6 Å². The lowest BCUT2D eigenvalue weighted by molar-refractivity contribution is -0.124. The van der Waals surface area contributed by atoms with Crippen molar-refractivity contribution >= 4 is 39.8 Å². The number of esters is 1. The summed E-state index contributed by atoms with van der Waals surface area (Å²) in [7, 11) is 0. The number of ether oxygens (including phenoxy) is 2. The summed E-state index contributed by atoms with van der Waals surface area (Å²) >= 11 is 1.33. The monoisotopic (exact) mass is 428 g/mol. The van der Waals surface area contributed by atoms with Crippen LogP contribution in [-0.4, -0.2) is 37.1 Å². The molecule has 1 aromatic carbocycles. The second kappa shape index (κ2) is 8.97. The van der Waals surface area contributed by atoms with Crippen LogP contribution in [0.25, 0.3) is 0 Å². The summed E-state index contributed by atoms with van der Waals surface area (Å²) in [6.45, 7) is 2.63. The number of amides is 2. The predicted molar refractivity (Wildman–Crippen MR) is 114 cm³/mol. The molecule has 2 heterocycles. The van der Waals surface area contributed by atoms with Crippen molar-refractivity contribution in [3.05, 3.63) is 46.3 Å². The van der Waals surface area contributed by atoms with E-state index in [9.17, 15) is 14.4 Å². The molecule has 7 nitrogen and oxygen atoms in total. The number of anilines is 2. The van der Waals surface area contributed by atoms with E-state index in [0.29, 0.717) is 40.8 Å². The Balaban J connectivity index is 1.49. The van der Waals surface area contributed by atoms with Crippen LogP contribution in [0.3, 0.4) is 0 Å². The topological polar surface area (TPSA) is 93.7 Å². The zero-order chi connectivity index (χ0) is 21.1. The molecule has 158 valence electrons. The molecule has 0 radical (unpaired) electrons. The summed E-state index contributed by atoms with van der Waals surface area (Å²) in [6.07, 6.45) is 3.21. The minimum absolute atomic E-state index is 0.206. The SMILES string of the molecule is CCOC(=O)c1c(C2CC2)csc1NC(=O)c1cccc(NC(=O)C2CCCO2)c1. The fourth-order valence-electron chi connectivity index (χ4n) is 3.49. The molecule has 1 aliphatic carbocycles. The van der Waals surface area contributed by atoms with Crippen LogP contribution >= 0.6 is 11.3 Å². The second-order valence-corrected chi connectivity index (χ2v) is 8.30. The number of benzene rings is 1. The van der Waals surface area contributed by atoms with Crippen LogP contribution < -0.4 is 10.6 Å². The highest BCUT2D eigenvalue weighted by Crippen LogP contribution is 2.46. The van der Waals surface area contributed by atoms with Crippen molar-refractivity contribution in [1.82, 2.24) is 0 Å². The molecule has 8 heteroatoms. The van der Waals surface area contributed by atoms with Crippen molar-refractivity contribution in [3.8, 4) is 0 Å². The molecule has 1 aliphatic heterocycles. The molecule has 1 atom stereocenters. The molecule has 2 amide bonds. The largest absolute Gasteiger partial charge is 0.462 e. The van der Waals surface area contributed by atoms with Crippen LogP contribution in [0, 0.1) is 0 Å². The van der Waals surface area contributed by atoms with E-state index in [1.54, 1.807) is 31.2 Å². The van der Waals surface area contributed by atoms with Gasteiger partial charge in [-0.2, -0.15) is 0 Å². The van der Waals surface area contributed by atoms with Gasteiger partial charge >= 0.3 is 5.97 Å². The maximum absolute atomic E-state index is 12.8. The standard InChI is InChI=1S/C22H24N2O5S/c1-2-28-22(27)18-16(13-8-9-13)12-30-21(18)24-19(25)14-5-3-6-15(11-14)23-20(26)17-7-4-10-29-17/h3,5-6,11-13,17H,2,4,7-10H2,1H3,(H,23,26)(H,24,25). The Morgan fingerprint density at radius 2 is 2.03 bits per heavy atom. The Kier molecular flexibility index (Phi) is 6.15. The van der Waals surface area contributed by atoms with E-state index < -0.39 is 12.1 Å². The van der Waals surface area contributed by atoms with Gasteiger partial charge in [-0.15, -0.1) is 11.3 Å². The highest BCUT2D eigenvalue weighted by Gasteiger charge is 2.32. The molecule has 2 N–H and O–H groups in total. The summed E-state index contributed by atoms with van der Waals surface area (Å²) in [5.41, 5.74) is 2.32. The van der Waals surface area contributed by atoms with E-state index in [1.165, 1.54) is 11.3 Å².